The molecule has 4 nitrogen and oxygen atoms in total. The van der Waals surface area contributed by atoms with E-state index in [0.717, 1.165) is 12.5 Å². The van der Waals surface area contributed by atoms with Crippen LogP contribution in [0.4, 0.5) is 0 Å². The molecule has 105 valence electrons. The second kappa shape index (κ2) is 11.4. The Labute approximate surface area is 112 Å². The zero-order valence-electron chi connectivity index (χ0n) is 11.9. The zero-order valence-corrected chi connectivity index (χ0v) is 12.9. The van der Waals surface area contributed by atoms with E-state index in [1.807, 2.05) is 13.8 Å². The van der Waals surface area contributed by atoms with Crippen LogP contribution in [0.15, 0.2) is 12.2 Å². The van der Waals surface area contributed by atoms with Gasteiger partial charge in [-0.2, -0.15) is 0 Å². The first-order valence-corrected chi connectivity index (χ1v) is 8.79. The molecule has 0 aromatic heterocycles. The SMILES string of the molecule is CC=CC(=O)OCCC[Si](C)C(OCC)OCC. The fourth-order valence-electron chi connectivity index (χ4n) is 1.46. The molecule has 0 spiro atoms. The maximum atomic E-state index is 11.1. The number of carbonyl (C=O) groups is 1. The van der Waals surface area contributed by atoms with Crippen LogP contribution >= 0.6 is 0 Å². The Hall–Kier alpha value is -0.653. The van der Waals surface area contributed by atoms with Crippen LogP contribution in [0.25, 0.3) is 0 Å². The van der Waals surface area contributed by atoms with E-state index in [0.29, 0.717) is 19.8 Å². The summed E-state index contributed by atoms with van der Waals surface area (Å²) in [4.78, 5) is 11.1. The van der Waals surface area contributed by atoms with Gasteiger partial charge < -0.3 is 14.2 Å². The fourth-order valence-corrected chi connectivity index (χ4v) is 3.30. The van der Waals surface area contributed by atoms with Crippen molar-refractivity contribution in [3.8, 4) is 0 Å². The van der Waals surface area contributed by atoms with Crippen molar-refractivity contribution < 1.29 is 19.0 Å². The Morgan fingerprint density at radius 2 is 1.89 bits per heavy atom. The van der Waals surface area contributed by atoms with Crippen molar-refractivity contribution in [2.45, 2.75) is 45.7 Å². The van der Waals surface area contributed by atoms with Gasteiger partial charge in [-0.05, 0) is 27.2 Å². The maximum Gasteiger partial charge on any atom is 0.330 e. The Morgan fingerprint density at radius 1 is 1.28 bits per heavy atom. The molecule has 0 N–H and O–H groups in total. The molecule has 0 rings (SSSR count). The van der Waals surface area contributed by atoms with Crippen molar-refractivity contribution in [2.24, 2.45) is 0 Å². The maximum absolute atomic E-state index is 11.1. The third kappa shape index (κ3) is 8.44. The summed E-state index contributed by atoms with van der Waals surface area (Å²) in [6.45, 7) is 9.74. The highest BCUT2D eigenvalue weighted by Gasteiger charge is 2.19. The van der Waals surface area contributed by atoms with Gasteiger partial charge in [0.2, 0.25) is 0 Å². The van der Waals surface area contributed by atoms with Crippen molar-refractivity contribution >= 4 is 14.8 Å². The van der Waals surface area contributed by atoms with E-state index in [1.54, 1.807) is 13.0 Å². The number of rotatable bonds is 10. The molecular weight excluding hydrogens is 248 g/mol. The van der Waals surface area contributed by atoms with Crippen LogP contribution in [0.2, 0.25) is 12.6 Å². The lowest BCUT2D eigenvalue weighted by atomic mass is 10.5. The average molecular weight is 273 g/mol. The molecule has 0 aromatic rings. The summed E-state index contributed by atoms with van der Waals surface area (Å²) in [5, 5.41) is 0. The molecule has 0 heterocycles. The Kier molecular flexibility index (Phi) is 11.0. The Balaban J connectivity index is 3.78. The number of esters is 1. The van der Waals surface area contributed by atoms with Gasteiger partial charge in [0.25, 0.3) is 0 Å². The van der Waals surface area contributed by atoms with Crippen LogP contribution < -0.4 is 0 Å². The quantitative estimate of drug-likeness (QED) is 0.202. The second-order valence-corrected chi connectivity index (χ2v) is 6.52. The molecule has 0 bridgehead atoms. The van der Waals surface area contributed by atoms with Crippen LogP contribution in [0, 0.1) is 0 Å². The summed E-state index contributed by atoms with van der Waals surface area (Å²) in [5.41, 5.74) is 0. The predicted octanol–water partition coefficient (Wildman–Crippen LogP) is 2.56. The molecule has 0 saturated carbocycles. The summed E-state index contributed by atoms with van der Waals surface area (Å²) in [6, 6.07) is 1.01. The highest BCUT2D eigenvalue weighted by atomic mass is 28.3. The van der Waals surface area contributed by atoms with E-state index in [2.05, 4.69) is 6.55 Å². The minimum atomic E-state index is -0.717. The van der Waals surface area contributed by atoms with Crippen molar-refractivity contribution in [1.29, 1.82) is 0 Å². The van der Waals surface area contributed by atoms with Crippen molar-refractivity contribution in [3.63, 3.8) is 0 Å². The van der Waals surface area contributed by atoms with E-state index in [4.69, 9.17) is 14.2 Å². The molecule has 0 amide bonds. The number of ether oxygens (including phenoxy) is 3. The molecule has 0 aliphatic carbocycles. The molecule has 0 saturated heterocycles. The number of hydrogen-bond donors (Lipinski definition) is 0. The van der Waals surface area contributed by atoms with Crippen LogP contribution in [0.5, 0.6) is 0 Å². The normalized spacial score (nSPS) is 11.7. The average Bonchev–Trinajstić information content (AvgIpc) is 2.34. The van der Waals surface area contributed by atoms with Crippen molar-refractivity contribution in [2.75, 3.05) is 19.8 Å². The van der Waals surface area contributed by atoms with E-state index < -0.39 is 8.80 Å². The molecule has 0 aromatic carbocycles. The van der Waals surface area contributed by atoms with Gasteiger partial charge in [-0.1, -0.05) is 18.7 Å². The van der Waals surface area contributed by atoms with Crippen molar-refractivity contribution in [3.05, 3.63) is 12.2 Å². The molecule has 0 atom stereocenters. The summed E-state index contributed by atoms with van der Waals surface area (Å²) in [6.07, 6.45) is 3.98. The van der Waals surface area contributed by atoms with Gasteiger partial charge in [-0.15, -0.1) is 0 Å². The molecule has 0 unspecified atom stereocenters. The first kappa shape index (κ1) is 17.3. The fraction of sp³-hybridized carbons (Fsp3) is 0.769. The smallest absolute Gasteiger partial charge is 0.330 e. The lowest BCUT2D eigenvalue weighted by molar-refractivity contribution is -0.137. The molecule has 0 fully saturated rings. The van der Waals surface area contributed by atoms with Crippen molar-refractivity contribution in [1.82, 2.24) is 0 Å². The van der Waals surface area contributed by atoms with E-state index in [1.165, 1.54) is 6.08 Å². The second-order valence-electron chi connectivity index (χ2n) is 3.86. The Bertz CT molecular complexity index is 237. The van der Waals surface area contributed by atoms with Gasteiger partial charge >= 0.3 is 5.97 Å². The number of carbonyl (C=O) groups excluding carboxylic acids is 1. The summed E-state index contributed by atoms with van der Waals surface area (Å²) >= 11 is 0. The van der Waals surface area contributed by atoms with Gasteiger partial charge in [0.15, 0.2) is 0 Å². The van der Waals surface area contributed by atoms with Crippen LogP contribution in [0.1, 0.15) is 27.2 Å². The van der Waals surface area contributed by atoms with E-state index in [9.17, 15) is 4.79 Å². The van der Waals surface area contributed by atoms with E-state index in [-0.39, 0.29) is 11.9 Å². The summed E-state index contributed by atoms with van der Waals surface area (Å²) in [5.74, 6) is -0.329. The lowest BCUT2D eigenvalue weighted by Crippen LogP contribution is -2.33. The van der Waals surface area contributed by atoms with Gasteiger partial charge in [0.1, 0.15) is 14.7 Å². The minimum Gasteiger partial charge on any atom is -0.463 e. The minimum absolute atomic E-state index is 0.0590. The van der Waals surface area contributed by atoms with Crippen LogP contribution in [-0.2, 0) is 19.0 Å². The topological polar surface area (TPSA) is 44.8 Å². The third-order valence-corrected chi connectivity index (χ3v) is 4.58. The highest BCUT2D eigenvalue weighted by molar-refractivity contribution is 6.58. The highest BCUT2D eigenvalue weighted by Crippen LogP contribution is 2.08. The monoisotopic (exact) mass is 273 g/mol. The van der Waals surface area contributed by atoms with Gasteiger partial charge in [0, 0.05) is 19.3 Å². The number of hydrogen-bond acceptors (Lipinski definition) is 4. The standard InChI is InChI=1S/C13H25O4Si/c1-5-9-12(14)17-10-8-11-18(4)13(15-6-2)16-7-3/h5,9,13H,6-8,10-11H2,1-4H3. The lowest BCUT2D eigenvalue weighted by Gasteiger charge is -2.22. The van der Waals surface area contributed by atoms with Crippen LogP contribution in [-0.4, -0.2) is 40.5 Å². The molecule has 18 heavy (non-hydrogen) atoms. The van der Waals surface area contributed by atoms with Gasteiger partial charge in [-0.3, -0.25) is 0 Å². The first-order valence-electron chi connectivity index (χ1n) is 6.50. The van der Waals surface area contributed by atoms with E-state index >= 15 is 0 Å². The molecule has 0 aliphatic heterocycles. The number of allylic oxidation sites excluding steroid dienone is 1. The molecule has 1 radical (unpaired) electrons. The molecular formula is C13H25O4Si. The van der Waals surface area contributed by atoms with Gasteiger partial charge in [0.05, 0.1) is 6.61 Å². The Morgan fingerprint density at radius 3 is 2.39 bits per heavy atom. The largest absolute Gasteiger partial charge is 0.463 e. The first-order chi connectivity index (χ1) is 8.65. The summed E-state index contributed by atoms with van der Waals surface area (Å²) < 4.78 is 16.2. The predicted molar refractivity (Wildman–Crippen MR) is 73.9 cm³/mol. The third-order valence-electron chi connectivity index (χ3n) is 2.30. The van der Waals surface area contributed by atoms with Gasteiger partial charge in [-0.25, -0.2) is 4.79 Å². The zero-order chi connectivity index (χ0) is 13.8. The summed E-state index contributed by atoms with van der Waals surface area (Å²) in [7, 11) is -0.717. The molecule has 0 aliphatic rings. The molecule has 5 heteroatoms. The van der Waals surface area contributed by atoms with Crippen LogP contribution in [0.3, 0.4) is 0 Å².